The third-order valence-corrected chi connectivity index (χ3v) is 4.35. The van der Waals surface area contributed by atoms with Gasteiger partial charge in [0.25, 0.3) is 5.91 Å². The van der Waals surface area contributed by atoms with Crippen molar-refractivity contribution >= 4 is 29.2 Å². The summed E-state index contributed by atoms with van der Waals surface area (Å²) in [5.41, 5.74) is 1.73. The third-order valence-electron chi connectivity index (χ3n) is 4.35. The predicted molar refractivity (Wildman–Crippen MR) is 103 cm³/mol. The lowest BCUT2D eigenvalue weighted by Crippen LogP contribution is -2.34. The Balaban J connectivity index is 1.53. The van der Waals surface area contributed by atoms with Gasteiger partial charge in [-0.3, -0.25) is 9.59 Å². The zero-order valence-corrected chi connectivity index (χ0v) is 15.2. The summed E-state index contributed by atoms with van der Waals surface area (Å²) in [5, 5.41) is 2.81. The van der Waals surface area contributed by atoms with E-state index in [4.69, 9.17) is 4.74 Å². The number of hydrogen-bond donors (Lipinski definition) is 1. The van der Waals surface area contributed by atoms with E-state index in [1.165, 1.54) is 0 Å². The Morgan fingerprint density at radius 3 is 2.30 bits per heavy atom. The van der Waals surface area contributed by atoms with Crippen LogP contribution in [-0.4, -0.2) is 30.9 Å². The standard InChI is InChI=1S/C21H22N2O4/c1-2-23(18-6-4-3-5-7-18)19(24)14-27-21(26)16-10-12-17(13-11-16)22-20(25)15-8-9-15/h3-7,10-13,15H,2,8-9,14H2,1H3,(H,22,25). The van der Waals surface area contributed by atoms with Gasteiger partial charge in [-0.2, -0.15) is 0 Å². The van der Waals surface area contributed by atoms with Crippen molar-refractivity contribution in [3.8, 4) is 0 Å². The van der Waals surface area contributed by atoms with Gasteiger partial charge in [0.2, 0.25) is 5.91 Å². The molecule has 0 bridgehead atoms. The van der Waals surface area contributed by atoms with Gasteiger partial charge in [-0.05, 0) is 56.2 Å². The summed E-state index contributed by atoms with van der Waals surface area (Å²) in [7, 11) is 0. The van der Waals surface area contributed by atoms with Crippen LogP contribution in [0.15, 0.2) is 54.6 Å². The number of amides is 2. The molecule has 3 rings (SSSR count). The number of carbonyl (C=O) groups excluding carboxylic acids is 3. The summed E-state index contributed by atoms with van der Waals surface area (Å²) in [4.78, 5) is 37.8. The molecule has 2 aromatic rings. The van der Waals surface area contributed by atoms with Crippen molar-refractivity contribution in [3.63, 3.8) is 0 Å². The van der Waals surface area contributed by atoms with Crippen molar-refractivity contribution < 1.29 is 19.1 Å². The fraction of sp³-hybridized carbons (Fsp3) is 0.286. The monoisotopic (exact) mass is 366 g/mol. The molecule has 0 spiro atoms. The average Bonchev–Trinajstić information content (AvgIpc) is 3.53. The second-order valence-electron chi connectivity index (χ2n) is 6.39. The maximum absolute atomic E-state index is 12.4. The Kier molecular flexibility index (Phi) is 5.86. The molecule has 0 radical (unpaired) electrons. The highest BCUT2D eigenvalue weighted by atomic mass is 16.5. The van der Waals surface area contributed by atoms with Crippen LogP contribution < -0.4 is 10.2 Å². The Labute approximate surface area is 158 Å². The number of carbonyl (C=O) groups is 3. The molecule has 1 N–H and O–H groups in total. The lowest BCUT2D eigenvalue weighted by Gasteiger charge is -2.20. The van der Waals surface area contributed by atoms with Crippen molar-refractivity contribution in [1.82, 2.24) is 0 Å². The minimum atomic E-state index is -0.576. The van der Waals surface area contributed by atoms with E-state index in [2.05, 4.69) is 5.32 Å². The maximum atomic E-state index is 12.4. The van der Waals surface area contributed by atoms with E-state index in [1.54, 1.807) is 29.2 Å². The highest BCUT2D eigenvalue weighted by Gasteiger charge is 2.29. The van der Waals surface area contributed by atoms with Crippen LogP contribution in [0, 0.1) is 5.92 Å². The van der Waals surface area contributed by atoms with Crippen LogP contribution in [0.1, 0.15) is 30.1 Å². The van der Waals surface area contributed by atoms with Crippen molar-refractivity contribution in [2.75, 3.05) is 23.4 Å². The molecule has 6 nitrogen and oxygen atoms in total. The van der Waals surface area contributed by atoms with Crippen LogP contribution in [0.25, 0.3) is 0 Å². The number of nitrogens with one attached hydrogen (secondary N) is 1. The van der Waals surface area contributed by atoms with Crippen LogP contribution in [0.3, 0.4) is 0 Å². The first-order valence-corrected chi connectivity index (χ1v) is 9.02. The highest BCUT2D eigenvalue weighted by molar-refractivity contribution is 5.98. The maximum Gasteiger partial charge on any atom is 0.338 e. The molecule has 0 aliphatic heterocycles. The van der Waals surface area contributed by atoms with Crippen molar-refractivity contribution in [1.29, 1.82) is 0 Å². The Hall–Kier alpha value is -3.15. The Morgan fingerprint density at radius 2 is 1.70 bits per heavy atom. The molecule has 1 saturated carbocycles. The van der Waals surface area contributed by atoms with Gasteiger partial charge in [0.15, 0.2) is 6.61 Å². The summed E-state index contributed by atoms with van der Waals surface area (Å²) in [6.45, 7) is 2.01. The number of rotatable bonds is 7. The number of esters is 1. The SMILES string of the molecule is CCN(C(=O)COC(=O)c1ccc(NC(=O)C2CC2)cc1)c1ccccc1. The van der Waals surface area contributed by atoms with Crippen LogP contribution in [-0.2, 0) is 14.3 Å². The summed E-state index contributed by atoms with van der Waals surface area (Å²) < 4.78 is 5.15. The molecule has 2 amide bonds. The summed E-state index contributed by atoms with van der Waals surface area (Å²) in [6.07, 6.45) is 1.87. The number of anilines is 2. The number of para-hydroxylation sites is 1. The Morgan fingerprint density at radius 1 is 1.04 bits per heavy atom. The van der Waals surface area contributed by atoms with E-state index in [-0.39, 0.29) is 24.3 Å². The van der Waals surface area contributed by atoms with Gasteiger partial charge in [-0.1, -0.05) is 18.2 Å². The van der Waals surface area contributed by atoms with E-state index < -0.39 is 5.97 Å². The molecule has 140 valence electrons. The van der Waals surface area contributed by atoms with Crippen molar-refractivity contribution in [3.05, 3.63) is 60.2 Å². The van der Waals surface area contributed by atoms with E-state index in [0.717, 1.165) is 18.5 Å². The van der Waals surface area contributed by atoms with Crippen molar-refractivity contribution in [2.45, 2.75) is 19.8 Å². The van der Waals surface area contributed by atoms with Crippen LogP contribution in [0.5, 0.6) is 0 Å². The molecule has 0 unspecified atom stereocenters. The third kappa shape index (κ3) is 4.94. The molecule has 0 heterocycles. The average molecular weight is 366 g/mol. The van der Waals surface area contributed by atoms with Gasteiger partial charge in [-0.25, -0.2) is 4.79 Å². The number of ether oxygens (including phenoxy) is 1. The van der Waals surface area contributed by atoms with E-state index in [0.29, 0.717) is 17.8 Å². The Bertz CT molecular complexity index is 814. The smallest absolute Gasteiger partial charge is 0.338 e. The number of likely N-dealkylation sites (N-methyl/N-ethyl adjacent to an activating group) is 1. The van der Waals surface area contributed by atoms with E-state index >= 15 is 0 Å². The van der Waals surface area contributed by atoms with E-state index in [1.807, 2.05) is 37.3 Å². The first-order chi connectivity index (χ1) is 13.1. The lowest BCUT2D eigenvalue weighted by atomic mass is 10.2. The van der Waals surface area contributed by atoms with Crippen LogP contribution in [0.2, 0.25) is 0 Å². The molecule has 1 aliphatic carbocycles. The van der Waals surface area contributed by atoms with Gasteiger partial charge >= 0.3 is 5.97 Å². The van der Waals surface area contributed by atoms with Crippen LogP contribution >= 0.6 is 0 Å². The normalized spacial score (nSPS) is 12.9. The molecule has 0 saturated heterocycles. The summed E-state index contributed by atoms with van der Waals surface area (Å²) >= 11 is 0. The minimum absolute atomic E-state index is 0.0106. The van der Waals surface area contributed by atoms with Gasteiger partial charge in [0.05, 0.1) is 5.56 Å². The van der Waals surface area contributed by atoms with Gasteiger partial charge in [0, 0.05) is 23.8 Å². The number of hydrogen-bond acceptors (Lipinski definition) is 4. The molecular formula is C21H22N2O4. The van der Waals surface area contributed by atoms with Gasteiger partial charge in [-0.15, -0.1) is 0 Å². The quantitative estimate of drug-likeness (QED) is 0.763. The summed E-state index contributed by atoms with van der Waals surface area (Å²) in [6, 6.07) is 15.7. The fourth-order valence-electron chi connectivity index (χ4n) is 2.68. The highest BCUT2D eigenvalue weighted by Crippen LogP contribution is 2.30. The minimum Gasteiger partial charge on any atom is -0.452 e. The lowest BCUT2D eigenvalue weighted by molar-refractivity contribution is -0.121. The largest absolute Gasteiger partial charge is 0.452 e. The second-order valence-corrected chi connectivity index (χ2v) is 6.39. The van der Waals surface area contributed by atoms with Crippen molar-refractivity contribution in [2.24, 2.45) is 5.92 Å². The van der Waals surface area contributed by atoms with Crippen LogP contribution in [0.4, 0.5) is 11.4 Å². The van der Waals surface area contributed by atoms with Gasteiger partial charge in [0.1, 0.15) is 0 Å². The zero-order valence-electron chi connectivity index (χ0n) is 15.2. The number of nitrogens with zero attached hydrogens (tertiary/aromatic N) is 1. The fourth-order valence-corrected chi connectivity index (χ4v) is 2.68. The molecule has 6 heteroatoms. The number of benzene rings is 2. The molecule has 0 aromatic heterocycles. The zero-order chi connectivity index (χ0) is 19.2. The molecular weight excluding hydrogens is 344 g/mol. The molecule has 0 atom stereocenters. The topological polar surface area (TPSA) is 75.7 Å². The molecule has 1 aliphatic rings. The molecule has 1 fully saturated rings. The molecule has 2 aromatic carbocycles. The predicted octanol–water partition coefficient (Wildman–Crippen LogP) is 3.25. The first-order valence-electron chi connectivity index (χ1n) is 9.02. The first kappa shape index (κ1) is 18.6. The van der Waals surface area contributed by atoms with Gasteiger partial charge < -0.3 is 15.0 Å². The van der Waals surface area contributed by atoms with E-state index in [9.17, 15) is 14.4 Å². The molecule has 27 heavy (non-hydrogen) atoms. The second kappa shape index (κ2) is 8.49. The summed E-state index contributed by atoms with van der Waals surface area (Å²) in [5.74, 6) is -0.735.